The number of hydrogen-bond donors (Lipinski definition) is 0. The van der Waals surface area contributed by atoms with Crippen LogP contribution in [0.25, 0.3) is 0 Å². The van der Waals surface area contributed by atoms with E-state index in [1.807, 2.05) is 9.36 Å². The fourth-order valence-electron chi connectivity index (χ4n) is 2.58. The molecule has 2 heterocycles. The minimum absolute atomic E-state index is 0.362. The molecular weight excluding hydrogens is 276 g/mol. The van der Waals surface area contributed by atoms with E-state index < -0.39 is 0 Å². The van der Waals surface area contributed by atoms with Crippen LogP contribution < -0.4 is 0 Å². The molecule has 2 atom stereocenters. The van der Waals surface area contributed by atoms with Crippen LogP contribution in [0.15, 0.2) is 12.4 Å². The van der Waals surface area contributed by atoms with Crippen molar-refractivity contribution in [1.82, 2.24) is 30.0 Å². The van der Waals surface area contributed by atoms with Gasteiger partial charge in [-0.2, -0.15) is 0 Å². The lowest BCUT2D eigenvalue weighted by molar-refractivity contribution is 0.419. The molecule has 3 rings (SSSR count). The monoisotopic (exact) mass is 302 g/mol. The molecule has 22 heavy (non-hydrogen) atoms. The standard InChI is InChI=1S/C16H26N6/c1-11(2)15-9-21(19-17-15)13(4)6-5-12(3)16-10-22(20-18-16)14-7-8-14/h9-14H,5-8H2,1-4H3. The van der Waals surface area contributed by atoms with Crippen LogP contribution in [-0.2, 0) is 0 Å². The summed E-state index contributed by atoms with van der Waals surface area (Å²) >= 11 is 0. The van der Waals surface area contributed by atoms with E-state index in [9.17, 15) is 0 Å². The van der Waals surface area contributed by atoms with Crippen molar-refractivity contribution in [1.29, 1.82) is 0 Å². The summed E-state index contributed by atoms with van der Waals surface area (Å²) in [6.45, 7) is 8.72. The van der Waals surface area contributed by atoms with E-state index in [0.717, 1.165) is 24.2 Å². The molecule has 2 aromatic rings. The molecule has 1 saturated carbocycles. The molecule has 1 aliphatic rings. The minimum Gasteiger partial charge on any atom is -0.250 e. The Morgan fingerprint density at radius 2 is 1.73 bits per heavy atom. The Hall–Kier alpha value is -1.72. The summed E-state index contributed by atoms with van der Waals surface area (Å²) in [6.07, 6.45) is 8.85. The summed E-state index contributed by atoms with van der Waals surface area (Å²) in [7, 11) is 0. The third-order valence-electron chi connectivity index (χ3n) is 4.54. The molecule has 2 unspecified atom stereocenters. The van der Waals surface area contributed by atoms with E-state index in [4.69, 9.17) is 0 Å². The van der Waals surface area contributed by atoms with Crippen LogP contribution in [0.3, 0.4) is 0 Å². The van der Waals surface area contributed by atoms with Crippen molar-refractivity contribution < 1.29 is 0 Å². The molecule has 6 heteroatoms. The molecule has 0 aromatic carbocycles. The number of rotatable bonds is 7. The quantitative estimate of drug-likeness (QED) is 0.785. The van der Waals surface area contributed by atoms with E-state index in [1.54, 1.807) is 0 Å². The van der Waals surface area contributed by atoms with Gasteiger partial charge in [-0.1, -0.05) is 31.2 Å². The third kappa shape index (κ3) is 3.36. The maximum atomic E-state index is 4.33. The molecule has 0 radical (unpaired) electrons. The second-order valence-corrected chi connectivity index (χ2v) is 6.96. The van der Waals surface area contributed by atoms with Gasteiger partial charge in [-0.05, 0) is 38.5 Å². The summed E-state index contributed by atoms with van der Waals surface area (Å²) in [6, 6.07) is 0.970. The van der Waals surface area contributed by atoms with Crippen LogP contribution in [0.5, 0.6) is 0 Å². The Morgan fingerprint density at radius 1 is 1.00 bits per heavy atom. The summed E-state index contributed by atoms with van der Waals surface area (Å²) < 4.78 is 4.02. The lowest BCUT2D eigenvalue weighted by atomic mass is 10.00. The molecular formula is C16H26N6. The first-order valence-electron chi connectivity index (χ1n) is 8.38. The molecule has 0 aliphatic heterocycles. The van der Waals surface area contributed by atoms with Crippen molar-refractivity contribution in [3.05, 3.63) is 23.8 Å². The summed E-state index contributed by atoms with van der Waals surface area (Å²) in [5.74, 6) is 0.861. The van der Waals surface area contributed by atoms with Gasteiger partial charge in [0.15, 0.2) is 0 Å². The van der Waals surface area contributed by atoms with Crippen LogP contribution in [0.4, 0.5) is 0 Å². The van der Waals surface area contributed by atoms with Gasteiger partial charge >= 0.3 is 0 Å². The van der Waals surface area contributed by atoms with Crippen LogP contribution in [0.1, 0.15) is 88.7 Å². The largest absolute Gasteiger partial charge is 0.250 e. The van der Waals surface area contributed by atoms with Crippen molar-refractivity contribution in [3.8, 4) is 0 Å². The van der Waals surface area contributed by atoms with Crippen LogP contribution in [0.2, 0.25) is 0 Å². The second kappa shape index (κ2) is 6.18. The van der Waals surface area contributed by atoms with Crippen LogP contribution in [-0.4, -0.2) is 30.0 Å². The smallest absolute Gasteiger partial charge is 0.0855 e. The maximum Gasteiger partial charge on any atom is 0.0855 e. The second-order valence-electron chi connectivity index (χ2n) is 6.96. The van der Waals surface area contributed by atoms with Gasteiger partial charge in [0, 0.05) is 18.3 Å². The van der Waals surface area contributed by atoms with E-state index in [2.05, 4.69) is 60.7 Å². The maximum absolute atomic E-state index is 4.33. The Labute approximate surface area is 131 Å². The van der Waals surface area contributed by atoms with Gasteiger partial charge in [-0.3, -0.25) is 0 Å². The zero-order valence-corrected chi connectivity index (χ0v) is 14.0. The first-order chi connectivity index (χ1) is 10.5. The van der Waals surface area contributed by atoms with E-state index in [0.29, 0.717) is 23.9 Å². The van der Waals surface area contributed by atoms with E-state index in [1.165, 1.54) is 12.8 Å². The van der Waals surface area contributed by atoms with Gasteiger partial charge in [0.2, 0.25) is 0 Å². The van der Waals surface area contributed by atoms with Gasteiger partial charge in [0.1, 0.15) is 0 Å². The van der Waals surface area contributed by atoms with Crippen molar-refractivity contribution >= 4 is 0 Å². The Bertz CT molecular complexity index is 563. The molecule has 1 aliphatic carbocycles. The van der Waals surface area contributed by atoms with Gasteiger partial charge in [-0.15, -0.1) is 10.2 Å². The Kier molecular flexibility index (Phi) is 4.27. The fraction of sp³-hybridized carbons (Fsp3) is 0.750. The zero-order chi connectivity index (χ0) is 15.7. The lowest BCUT2D eigenvalue weighted by Crippen LogP contribution is -2.07. The highest BCUT2D eigenvalue weighted by molar-refractivity contribution is 5.02. The van der Waals surface area contributed by atoms with Crippen molar-refractivity contribution in [2.75, 3.05) is 0 Å². The summed E-state index contributed by atoms with van der Waals surface area (Å²) in [5.41, 5.74) is 2.17. The molecule has 0 spiro atoms. The molecule has 0 amide bonds. The molecule has 6 nitrogen and oxygen atoms in total. The predicted molar refractivity (Wildman–Crippen MR) is 84.8 cm³/mol. The first kappa shape index (κ1) is 15.2. The minimum atomic E-state index is 0.362. The van der Waals surface area contributed by atoms with Gasteiger partial charge in [0.05, 0.1) is 23.5 Å². The average Bonchev–Trinajstić information content (AvgIpc) is 3.05. The topological polar surface area (TPSA) is 61.4 Å². The predicted octanol–water partition coefficient (Wildman–Crippen LogP) is 3.47. The normalized spacial score (nSPS) is 17.9. The summed E-state index contributed by atoms with van der Waals surface area (Å²) in [4.78, 5) is 0. The van der Waals surface area contributed by atoms with Crippen molar-refractivity contribution in [3.63, 3.8) is 0 Å². The Morgan fingerprint density at radius 3 is 2.36 bits per heavy atom. The molecule has 2 aromatic heterocycles. The lowest BCUT2D eigenvalue weighted by Gasteiger charge is -2.14. The fourth-order valence-corrected chi connectivity index (χ4v) is 2.58. The highest BCUT2D eigenvalue weighted by atomic mass is 15.4. The van der Waals surface area contributed by atoms with Gasteiger partial charge in [-0.25, -0.2) is 9.36 Å². The van der Waals surface area contributed by atoms with E-state index in [-0.39, 0.29) is 0 Å². The van der Waals surface area contributed by atoms with Gasteiger partial charge in [0.25, 0.3) is 0 Å². The molecule has 0 saturated heterocycles. The molecule has 0 N–H and O–H groups in total. The number of aromatic nitrogens is 6. The summed E-state index contributed by atoms with van der Waals surface area (Å²) in [5, 5.41) is 17.1. The average molecular weight is 302 g/mol. The molecule has 120 valence electrons. The zero-order valence-electron chi connectivity index (χ0n) is 14.0. The Balaban J connectivity index is 1.53. The third-order valence-corrected chi connectivity index (χ3v) is 4.54. The first-order valence-corrected chi connectivity index (χ1v) is 8.38. The van der Waals surface area contributed by atoms with Crippen molar-refractivity contribution in [2.24, 2.45) is 0 Å². The highest BCUT2D eigenvalue weighted by Crippen LogP contribution is 2.34. The number of hydrogen-bond acceptors (Lipinski definition) is 4. The number of nitrogens with zero attached hydrogens (tertiary/aromatic N) is 6. The van der Waals surface area contributed by atoms with Crippen LogP contribution >= 0.6 is 0 Å². The van der Waals surface area contributed by atoms with Gasteiger partial charge < -0.3 is 0 Å². The molecule has 0 bridgehead atoms. The van der Waals surface area contributed by atoms with Crippen molar-refractivity contribution in [2.45, 2.75) is 77.3 Å². The van der Waals surface area contributed by atoms with Crippen LogP contribution in [0, 0.1) is 0 Å². The van der Waals surface area contributed by atoms with E-state index >= 15 is 0 Å². The SMILES string of the molecule is CC(C)c1cn(C(C)CCC(C)c2cn(C3CC3)nn2)nn1. The highest BCUT2D eigenvalue weighted by Gasteiger charge is 2.25. The molecule has 1 fully saturated rings.